The van der Waals surface area contributed by atoms with Crippen molar-refractivity contribution in [2.24, 2.45) is 11.7 Å². The first kappa shape index (κ1) is 11.6. The van der Waals surface area contributed by atoms with Crippen LogP contribution in [0, 0.1) is 5.92 Å². The molecule has 2 heteroatoms. The van der Waals surface area contributed by atoms with E-state index in [2.05, 4.69) is 13.8 Å². The molecule has 1 atom stereocenters. The summed E-state index contributed by atoms with van der Waals surface area (Å²) in [4.78, 5) is 11.2. The number of hydrogen-bond acceptors (Lipinski definition) is 2. The van der Waals surface area contributed by atoms with Crippen molar-refractivity contribution in [3.05, 3.63) is 0 Å². The van der Waals surface area contributed by atoms with Gasteiger partial charge in [0.15, 0.2) is 0 Å². The molecule has 0 radical (unpaired) electrons. The molecule has 0 aromatic rings. The van der Waals surface area contributed by atoms with E-state index in [0.29, 0.717) is 18.1 Å². The molecule has 0 aromatic heterocycles. The van der Waals surface area contributed by atoms with E-state index in [9.17, 15) is 4.79 Å². The molecule has 2 N–H and O–H groups in total. The van der Waals surface area contributed by atoms with Crippen LogP contribution in [-0.2, 0) is 4.79 Å². The third-order valence-electron chi connectivity index (χ3n) is 1.75. The van der Waals surface area contributed by atoms with Gasteiger partial charge < -0.3 is 5.73 Å². The fourth-order valence-electron chi connectivity index (χ4n) is 1.18. The van der Waals surface area contributed by atoms with Gasteiger partial charge in [0, 0.05) is 18.9 Å². The Hall–Kier alpha value is -0.370. The quantitative estimate of drug-likeness (QED) is 0.665. The molecule has 12 heavy (non-hydrogen) atoms. The highest BCUT2D eigenvalue weighted by molar-refractivity contribution is 5.78. The fourth-order valence-corrected chi connectivity index (χ4v) is 1.18. The lowest BCUT2D eigenvalue weighted by Gasteiger charge is -2.05. The molecule has 0 saturated heterocycles. The molecule has 0 heterocycles. The Balaban J connectivity index is 3.32. The summed E-state index contributed by atoms with van der Waals surface area (Å²) in [5, 5.41) is 0. The van der Waals surface area contributed by atoms with Crippen LogP contribution in [0.4, 0.5) is 0 Å². The van der Waals surface area contributed by atoms with Crippen LogP contribution >= 0.6 is 0 Å². The topological polar surface area (TPSA) is 43.1 Å². The van der Waals surface area contributed by atoms with Crippen molar-refractivity contribution in [2.75, 3.05) is 0 Å². The van der Waals surface area contributed by atoms with Gasteiger partial charge in [-0.2, -0.15) is 0 Å². The molecule has 0 aliphatic carbocycles. The summed E-state index contributed by atoms with van der Waals surface area (Å²) in [6.07, 6.45) is 3.34. The lowest BCUT2D eigenvalue weighted by molar-refractivity contribution is -0.119. The highest BCUT2D eigenvalue weighted by Gasteiger charge is 2.04. The second-order valence-electron chi connectivity index (χ2n) is 4.01. The standard InChI is InChI=1S/C10H21NO/c1-8(2)7-10(12)6-4-5-9(3)11/h8-9H,4-7,11H2,1-3H3. The Kier molecular flexibility index (Phi) is 5.99. The lowest BCUT2D eigenvalue weighted by atomic mass is 10.0. The van der Waals surface area contributed by atoms with Crippen molar-refractivity contribution in [1.82, 2.24) is 0 Å². The first-order chi connectivity index (χ1) is 5.52. The van der Waals surface area contributed by atoms with Gasteiger partial charge in [-0.3, -0.25) is 4.79 Å². The van der Waals surface area contributed by atoms with Crippen molar-refractivity contribution in [3.8, 4) is 0 Å². The van der Waals surface area contributed by atoms with E-state index >= 15 is 0 Å². The molecule has 0 fully saturated rings. The van der Waals surface area contributed by atoms with E-state index in [-0.39, 0.29) is 6.04 Å². The summed E-state index contributed by atoms with van der Waals surface area (Å²) in [7, 11) is 0. The van der Waals surface area contributed by atoms with Crippen LogP contribution in [0.15, 0.2) is 0 Å². The van der Waals surface area contributed by atoms with Gasteiger partial charge in [0.05, 0.1) is 0 Å². The summed E-state index contributed by atoms with van der Waals surface area (Å²) in [5.41, 5.74) is 5.57. The van der Waals surface area contributed by atoms with Gasteiger partial charge in [0.1, 0.15) is 5.78 Å². The highest BCUT2D eigenvalue weighted by Crippen LogP contribution is 2.06. The van der Waals surface area contributed by atoms with Gasteiger partial charge in [0.2, 0.25) is 0 Å². The molecule has 1 unspecified atom stereocenters. The molecular formula is C10H21NO. The van der Waals surface area contributed by atoms with E-state index in [1.807, 2.05) is 6.92 Å². The van der Waals surface area contributed by atoms with Gasteiger partial charge in [-0.1, -0.05) is 13.8 Å². The van der Waals surface area contributed by atoms with E-state index < -0.39 is 0 Å². The van der Waals surface area contributed by atoms with Gasteiger partial charge >= 0.3 is 0 Å². The molecule has 0 saturated carbocycles. The molecule has 0 amide bonds. The maximum atomic E-state index is 11.2. The van der Waals surface area contributed by atoms with E-state index in [0.717, 1.165) is 19.3 Å². The zero-order valence-corrected chi connectivity index (χ0v) is 8.47. The van der Waals surface area contributed by atoms with Crippen LogP contribution in [0.2, 0.25) is 0 Å². The number of rotatable bonds is 6. The molecule has 0 aliphatic heterocycles. The van der Waals surface area contributed by atoms with Gasteiger partial charge in [-0.25, -0.2) is 0 Å². The third kappa shape index (κ3) is 7.73. The van der Waals surface area contributed by atoms with Crippen LogP contribution in [-0.4, -0.2) is 11.8 Å². The first-order valence-corrected chi connectivity index (χ1v) is 4.79. The molecule has 2 nitrogen and oxygen atoms in total. The number of hydrogen-bond donors (Lipinski definition) is 1. The zero-order valence-electron chi connectivity index (χ0n) is 8.47. The Morgan fingerprint density at radius 3 is 2.33 bits per heavy atom. The Morgan fingerprint density at radius 1 is 1.33 bits per heavy atom. The van der Waals surface area contributed by atoms with Crippen molar-refractivity contribution in [3.63, 3.8) is 0 Å². The predicted molar refractivity (Wildman–Crippen MR) is 52.0 cm³/mol. The average Bonchev–Trinajstić information content (AvgIpc) is 1.84. The second kappa shape index (κ2) is 6.18. The minimum Gasteiger partial charge on any atom is -0.328 e. The number of ketones is 1. The smallest absolute Gasteiger partial charge is 0.133 e. The SMILES string of the molecule is CC(C)CC(=O)CCCC(C)N. The fraction of sp³-hybridized carbons (Fsp3) is 0.900. The first-order valence-electron chi connectivity index (χ1n) is 4.79. The minimum atomic E-state index is 0.233. The monoisotopic (exact) mass is 171 g/mol. The molecule has 72 valence electrons. The molecule has 0 aliphatic rings. The maximum absolute atomic E-state index is 11.2. The molecule has 0 spiro atoms. The van der Waals surface area contributed by atoms with Crippen molar-refractivity contribution in [2.45, 2.75) is 52.5 Å². The molecule has 0 rings (SSSR count). The van der Waals surface area contributed by atoms with E-state index in [1.54, 1.807) is 0 Å². The van der Waals surface area contributed by atoms with E-state index in [4.69, 9.17) is 5.73 Å². The Morgan fingerprint density at radius 2 is 1.92 bits per heavy atom. The lowest BCUT2D eigenvalue weighted by Crippen LogP contribution is -2.15. The summed E-state index contributed by atoms with van der Waals surface area (Å²) in [6, 6.07) is 0.233. The summed E-state index contributed by atoms with van der Waals surface area (Å²) < 4.78 is 0. The van der Waals surface area contributed by atoms with Gasteiger partial charge in [0.25, 0.3) is 0 Å². The van der Waals surface area contributed by atoms with E-state index in [1.165, 1.54) is 0 Å². The highest BCUT2D eigenvalue weighted by atomic mass is 16.1. The largest absolute Gasteiger partial charge is 0.328 e. The summed E-state index contributed by atoms with van der Waals surface area (Å²) in [5.74, 6) is 0.874. The normalized spacial score (nSPS) is 13.4. The van der Waals surface area contributed by atoms with Crippen molar-refractivity contribution < 1.29 is 4.79 Å². The average molecular weight is 171 g/mol. The molecule has 0 bridgehead atoms. The second-order valence-corrected chi connectivity index (χ2v) is 4.01. The summed E-state index contributed by atoms with van der Waals surface area (Å²) >= 11 is 0. The van der Waals surface area contributed by atoms with Crippen molar-refractivity contribution >= 4 is 5.78 Å². The van der Waals surface area contributed by atoms with Crippen LogP contribution < -0.4 is 5.73 Å². The molecular weight excluding hydrogens is 150 g/mol. The van der Waals surface area contributed by atoms with Crippen molar-refractivity contribution in [1.29, 1.82) is 0 Å². The summed E-state index contributed by atoms with van der Waals surface area (Å²) in [6.45, 7) is 6.12. The maximum Gasteiger partial charge on any atom is 0.133 e. The minimum absolute atomic E-state index is 0.233. The number of nitrogens with two attached hydrogens (primary N) is 1. The Labute approximate surface area is 75.5 Å². The van der Waals surface area contributed by atoms with Gasteiger partial charge in [-0.05, 0) is 25.7 Å². The van der Waals surface area contributed by atoms with Crippen LogP contribution in [0.25, 0.3) is 0 Å². The number of carbonyl (C=O) groups is 1. The zero-order chi connectivity index (χ0) is 9.56. The van der Waals surface area contributed by atoms with Crippen LogP contribution in [0.3, 0.4) is 0 Å². The molecule has 0 aromatic carbocycles. The van der Waals surface area contributed by atoms with Crippen LogP contribution in [0.5, 0.6) is 0 Å². The van der Waals surface area contributed by atoms with Gasteiger partial charge in [-0.15, -0.1) is 0 Å². The number of carbonyl (C=O) groups excluding carboxylic acids is 1. The third-order valence-corrected chi connectivity index (χ3v) is 1.75. The Bertz CT molecular complexity index is 130. The van der Waals surface area contributed by atoms with Crippen LogP contribution in [0.1, 0.15) is 46.5 Å². The number of Topliss-reactive ketones (excluding diaryl/α,β-unsaturated/α-hetero) is 1. The predicted octanol–water partition coefficient (Wildman–Crippen LogP) is 2.12.